The Bertz CT molecular complexity index is 1580. The molecule has 0 aromatic heterocycles. The summed E-state index contributed by atoms with van der Waals surface area (Å²) in [6, 6.07) is 0.410. The van der Waals surface area contributed by atoms with E-state index in [9.17, 15) is 14.7 Å². The molecule has 0 aromatic rings. The largest absolute Gasteiger partial charge is 0.481 e. The third-order valence-corrected chi connectivity index (χ3v) is 21.1. The van der Waals surface area contributed by atoms with E-state index < -0.39 is 17.3 Å². The molecule has 0 aromatic carbocycles. The molecule has 0 radical (unpaired) electrons. The lowest BCUT2D eigenvalue weighted by Crippen LogP contribution is -2.68. The molecule has 9 fully saturated rings. The zero-order chi connectivity index (χ0) is 39.1. The van der Waals surface area contributed by atoms with E-state index in [0.717, 1.165) is 38.8 Å². The fourth-order valence-corrected chi connectivity index (χ4v) is 17.3. The maximum absolute atomic E-state index is 15.4. The number of esters is 1. The van der Waals surface area contributed by atoms with Gasteiger partial charge in [-0.25, -0.2) is 0 Å². The molecule has 9 rings (SSSR count). The zero-order valence-electron chi connectivity index (χ0n) is 36.0. The van der Waals surface area contributed by atoms with Gasteiger partial charge in [-0.15, -0.1) is 0 Å². The summed E-state index contributed by atoms with van der Waals surface area (Å²) in [5, 5.41) is 9.70. The van der Waals surface area contributed by atoms with E-state index in [1.807, 2.05) is 13.8 Å². The van der Waals surface area contributed by atoms with Crippen LogP contribution in [0.15, 0.2) is 0 Å². The number of likely N-dealkylation sites (tertiary alicyclic amines) is 2. The van der Waals surface area contributed by atoms with Crippen LogP contribution in [0.4, 0.5) is 0 Å². The van der Waals surface area contributed by atoms with Crippen LogP contribution in [-0.4, -0.2) is 71.1 Å². The van der Waals surface area contributed by atoms with Crippen molar-refractivity contribution >= 4 is 17.8 Å². The topological polar surface area (TPSA) is 87.2 Å². The summed E-state index contributed by atoms with van der Waals surface area (Å²) in [4.78, 5) is 46.0. The zero-order valence-corrected chi connectivity index (χ0v) is 36.0. The SMILES string of the molecule is CC1([C@@H]2CC[C@]3(C(=O)N4CCC[C@H]4CN4CCCC4)CC[C@]4(C)[C@H](CC[C@@H]5[C@@]6(C)CC[C@H](OC(=O)[C@@H]7C[C@H](C(=O)O)C7(C)C)C(C)(C)[C@@H]6CC[C@]54C)[C@@H]23)CC1. The molecule has 308 valence electrons. The Morgan fingerprint density at radius 2 is 1.38 bits per heavy atom. The summed E-state index contributed by atoms with van der Waals surface area (Å²) in [7, 11) is 0. The van der Waals surface area contributed by atoms with Gasteiger partial charge in [0.1, 0.15) is 6.10 Å². The summed E-state index contributed by atoms with van der Waals surface area (Å²) >= 11 is 0. The van der Waals surface area contributed by atoms with Crippen molar-refractivity contribution in [2.24, 2.45) is 79.3 Å². The van der Waals surface area contributed by atoms with E-state index in [0.29, 0.717) is 53.4 Å². The summed E-state index contributed by atoms with van der Waals surface area (Å²) < 4.78 is 6.48. The highest BCUT2D eigenvalue weighted by Gasteiger charge is 2.74. The van der Waals surface area contributed by atoms with Gasteiger partial charge in [0.2, 0.25) is 5.91 Å². The number of rotatable bonds is 7. The number of fused-ring (bicyclic) bond motifs is 7. The average Bonchev–Trinajstić information content (AvgIpc) is 3.50. The van der Waals surface area contributed by atoms with Gasteiger partial charge in [-0.3, -0.25) is 14.4 Å². The second-order valence-electron chi connectivity index (χ2n) is 23.7. The van der Waals surface area contributed by atoms with Crippen LogP contribution < -0.4 is 0 Å². The number of amides is 1. The first kappa shape index (κ1) is 38.9. The third-order valence-electron chi connectivity index (χ3n) is 21.1. The van der Waals surface area contributed by atoms with E-state index in [1.165, 1.54) is 90.1 Å². The van der Waals surface area contributed by atoms with Crippen LogP contribution in [0.3, 0.4) is 0 Å². The number of hydrogen-bond acceptors (Lipinski definition) is 5. The van der Waals surface area contributed by atoms with E-state index in [2.05, 4.69) is 51.3 Å². The number of carboxylic acid groups (broad SMARTS) is 1. The molecule has 9 aliphatic rings. The molecular formula is C48H76N2O5. The predicted octanol–water partition coefficient (Wildman–Crippen LogP) is 9.61. The summed E-state index contributed by atoms with van der Waals surface area (Å²) in [5.41, 5.74) is 0.166. The van der Waals surface area contributed by atoms with E-state index in [-0.39, 0.29) is 45.1 Å². The van der Waals surface area contributed by atoms with Crippen molar-refractivity contribution < 1.29 is 24.2 Å². The highest BCUT2D eigenvalue weighted by Crippen LogP contribution is 2.79. The van der Waals surface area contributed by atoms with Gasteiger partial charge >= 0.3 is 11.9 Å². The molecule has 1 N–H and O–H groups in total. The van der Waals surface area contributed by atoms with Gasteiger partial charge in [0.25, 0.3) is 0 Å². The van der Waals surface area contributed by atoms with Crippen molar-refractivity contribution in [1.29, 1.82) is 0 Å². The second kappa shape index (κ2) is 12.7. The van der Waals surface area contributed by atoms with Crippen molar-refractivity contribution in [1.82, 2.24) is 9.80 Å². The first-order valence-corrected chi connectivity index (χ1v) is 23.3. The maximum Gasteiger partial charge on any atom is 0.309 e. The first-order valence-electron chi connectivity index (χ1n) is 23.3. The van der Waals surface area contributed by atoms with Crippen LogP contribution in [0, 0.1) is 79.3 Å². The van der Waals surface area contributed by atoms with E-state index in [4.69, 9.17) is 4.74 Å². The minimum atomic E-state index is -0.801. The first-order chi connectivity index (χ1) is 25.8. The van der Waals surface area contributed by atoms with E-state index >= 15 is 4.79 Å². The third kappa shape index (κ3) is 5.37. The molecule has 2 saturated heterocycles. The summed E-state index contributed by atoms with van der Waals surface area (Å²) in [6.45, 7) is 23.7. The molecule has 0 unspecified atom stereocenters. The van der Waals surface area contributed by atoms with Gasteiger partial charge in [0.05, 0.1) is 17.3 Å². The van der Waals surface area contributed by atoms with Crippen molar-refractivity contribution in [2.75, 3.05) is 26.2 Å². The van der Waals surface area contributed by atoms with E-state index in [1.54, 1.807) is 0 Å². The molecule has 7 heteroatoms. The summed E-state index contributed by atoms with van der Waals surface area (Å²) in [6.07, 6.45) is 19.5. The Morgan fingerprint density at radius 1 is 0.655 bits per heavy atom. The quantitative estimate of drug-likeness (QED) is 0.260. The molecule has 1 amide bonds. The van der Waals surface area contributed by atoms with Gasteiger partial charge in [0, 0.05) is 24.5 Å². The van der Waals surface area contributed by atoms with Gasteiger partial charge < -0.3 is 19.6 Å². The normalized spacial score (nSPS) is 49.2. The second-order valence-corrected chi connectivity index (χ2v) is 23.7. The number of carboxylic acids is 1. The van der Waals surface area contributed by atoms with Crippen molar-refractivity contribution in [2.45, 2.75) is 177 Å². The fourth-order valence-electron chi connectivity index (χ4n) is 17.3. The Kier molecular flexibility index (Phi) is 8.96. The highest BCUT2D eigenvalue weighted by atomic mass is 16.5. The molecule has 7 nitrogen and oxygen atoms in total. The minimum absolute atomic E-state index is 0.131. The molecule has 13 atom stereocenters. The molecule has 0 spiro atoms. The van der Waals surface area contributed by atoms with Crippen LogP contribution >= 0.6 is 0 Å². The summed E-state index contributed by atoms with van der Waals surface area (Å²) in [5.74, 6) is 1.70. The van der Waals surface area contributed by atoms with Crippen molar-refractivity contribution in [3.8, 4) is 0 Å². The van der Waals surface area contributed by atoms with Gasteiger partial charge in [-0.05, 0) is 179 Å². The van der Waals surface area contributed by atoms with Gasteiger partial charge in [0.15, 0.2) is 0 Å². The number of aliphatic carboxylic acids is 1. The molecule has 55 heavy (non-hydrogen) atoms. The molecule has 7 aliphatic carbocycles. The lowest BCUT2D eigenvalue weighted by molar-refractivity contribution is -0.253. The minimum Gasteiger partial charge on any atom is -0.481 e. The van der Waals surface area contributed by atoms with Crippen LogP contribution in [-0.2, 0) is 19.1 Å². The Morgan fingerprint density at radius 3 is 2.05 bits per heavy atom. The van der Waals surface area contributed by atoms with Gasteiger partial charge in [-0.2, -0.15) is 0 Å². The molecule has 7 saturated carbocycles. The molecule has 2 aliphatic heterocycles. The Hall–Kier alpha value is -1.63. The molecule has 2 heterocycles. The fraction of sp³-hybridized carbons (Fsp3) is 0.938. The Balaban J connectivity index is 0.970. The predicted molar refractivity (Wildman–Crippen MR) is 215 cm³/mol. The smallest absolute Gasteiger partial charge is 0.309 e. The van der Waals surface area contributed by atoms with Crippen LogP contribution in [0.5, 0.6) is 0 Å². The molecule has 0 bridgehead atoms. The van der Waals surface area contributed by atoms with Crippen LogP contribution in [0.1, 0.15) is 165 Å². The lowest BCUT2D eigenvalue weighted by Gasteiger charge is -2.73. The number of hydrogen-bond donors (Lipinski definition) is 1. The van der Waals surface area contributed by atoms with Crippen LogP contribution in [0.25, 0.3) is 0 Å². The molecular weight excluding hydrogens is 685 g/mol. The average molecular weight is 761 g/mol. The van der Waals surface area contributed by atoms with Crippen LogP contribution in [0.2, 0.25) is 0 Å². The monoisotopic (exact) mass is 761 g/mol. The number of carbonyl (C=O) groups excluding carboxylic acids is 2. The number of carbonyl (C=O) groups is 3. The van der Waals surface area contributed by atoms with Crippen molar-refractivity contribution in [3.63, 3.8) is 0 Å². The van der Waals surface area contributed by atoms with Gasteiger partial charge in [-0.1, -0.05) is 55.4 Å². The number of nitrogens with zero attached hydrogens (tertiary/aromatic N) is 2. The maximum atomic E-state index is 15.4. The highest BCUT2D eigenvalue weighted by molar-refractivity contribution is 5.84. The van der Waals surface area contributed by atoms with Crippen molar-refractivity contribution in [3.05, 3.63) is 0 Å². The number of ether oxygens (including phenoxy) is 1. The lowest BCUT2D eigenvalue weighted by atomic mass is 9.32. The standard InChI is InChI=1S/C48H76N2O5/c1-42(2)33(39(51)52)28-34(42)40(53)55-37-17-18-45(6)35(43(37,3)4)16-19-47(8)36(45)14-13-32-38-31(44(5)21-22-44)15-20-48(38,24-23-46(32,47)7)41(54)50-27-11-12-30(50)29-49-25-9-10-26-49/h30-38H,9-29H2,1-8H3,(H,51,52)/t30-,31+,32+,33+,34-,35-,36+,37-,38+,45-,46+,47+,48-/m0/s1. The Labute approximate surface area is 333 Å².